The van der Waals surface area contributed by atoms with Gasteiger partial charge in [-0.3, -0.25) is 0 Å². The molecule has 0 aliphatic heterocycles. The maximum atomic E-state index is 13.3. The molecule has 0 amide bonds. The van der Waals surface area contributed by atoms with E-state index in [1.165, 1.54) is 17.4 Å². The van der Waals surface area contributed by atoms with E-state index in [1.54, 1.807) is 0 Å². The highest BCUT2D eigenvalue weighted by Gasteiger charge is 2.28. The Kier molecular flexibility index (Phi) is 4.17. The lowest BCUT2D eigenvalue weighted by Gasteiger charge is -2.29. The van der Waals surface area contributed by atoms with Gasteiger partial charge < -0.3 is 5.73 Å². The SMILES string of the molecule is CN(CC1CCC1)S(=O)(=O)c1cc(Br)c(F)cc1N. The second-order valence-electron chi connectivity index (χ2n) is 4.89. The molecule has 1 aliphatic carbocycles. The fourth-order valence-corrected chi connectivity index (χ4v) is 3.93. The van der Waals surface area contributed by atoms with Crippen LogP contribution in [0.2, 0.25) is 0 Å². The van der Waals surface area contributed by atoms with Gasteiger partial charge in [0.1, 0.15) is 10.7 Å². The van der Waals surface area contributed by atoms with Crippen LogP contribution in [0.1, 0.15) is 19.3 Å². The van der Waals surface area contributed by atoms with Crippen molar-refractivity contribution in [1.29, 1.82) is 0 Å². The maximum Gasteiger partial charge on any atom is 0.244 e. The molecular weight excluding hydrogens is 335 g/mol. The highest BCUT2D eigenvalue weighted by Crippen LogP contribution is 2.31. The zero-order chi connectivity index (χ0) is 14.2. The van der Waals surface area contributed by atoms with Gasteiger partial charge in [-0.2, -0.15) is 0 Å². The Labute approximate surface area is 121 Å². The number of anilines is 1. The molecule has 0 saturated heterocycles. The van der Waals surface area contributed by atoms with Crippen LogP contribution in [0.4, 0.5) is 10.1 Å². The summed E-state index contributed by atoms with van der Waals surface area (Å²) in [5.74, 6) is -0.150. The monoisotopic (exact) mass is 350 g/mol. The van der Waals surface area contributed by atoms with Gasteiger partial charge in [-0.25, -0.2) is 17.1 Å². The van der Waals surface area contributed by atoms with E-state index in [0.717, 1.165) is 25.3 Å². The van der Waals surface area contributed by atoms with Gasteiger partial charge in [0.15, 0.2) is 0 Å². The molecule has 1 aromatic carbocycles. The molecule has 0 radical (unpaired) electrons. The third-order valence-electron chi connectivity index (χ3n) is 3.48. The summed E-state index contributed by atoms with van der Waals surface area (Å²) in [7, 11) is -2.14. The van der Waals surface area contributed by atoms with Crippen molar-refractivity contribution in [2.75, 3.05) is 19.3 Å². The summed E-state index contributed by atoms with van der Waals surface area (Å²) in [6, 6.07) is 2.24. The second kappa shape index (κ2) is 5.38. The van der Waals surface area contributed by atoms with Crippen molar-refractivity contribution in [3.8, 4) is 0 Å². The predicted molar refractivity (Wildman–Crippen MR) is 75.7 cm³/mol. The number of hydrogen-bond donors (Lipinski definition) is 1. The van der Waals surface area contributed by atoms with Gasteiger partial charge in [0.2, 0.25) is 10.0 Å². The molecule has 0 heterocycles. The van der Waals surface area contributed by atoms with Gasteiger partial charge in [-0.15, -0.1) is 0 Å². The third-order valence-corrected chi connectivity index (χ3v) is 5.97. The summed E-state index contributed by atoms with van der Waals surface area (Å²) in [6.07, 6.45) is 3.27. The van der Waals surface area contributed by atoms with E-state index >= 15 is 0 Å². The number of sulfonamides is 1. The van der Waals surface area contributed by atoms with Crippen molar-refractivity contribution in [1.82, 2.24) is 4.31 Å². The average Bonchev–Trinajstić information content (AvgIpc) is 2.27. The van der Waals surface area contributed by atoms with Crippen LogP contribution >= 0.6 is 15.9 Å². The number of hydrogen-bond acceptors (Lipinski definition) is 3. The normalized spacial score (nSPS) is 16.6. The first-order valence-electron chi connectivity index (χ1n) is 6.03. The Bertz CT molecular complexity index is 588. The molecule has 0 unspecified atom stereocenters. The number of nitrogens with zero attached hydrogens (tertiary/aromatic N) is 1. The average molecular weight is 351 g/mol. The van der Waals surface area contributed by atoms with E-state index in [9.17, 15) is 12.8 Å². The van der Waals surface area contributed by atoms with Crippen molar-refractivity contribution < 1.29 is 12.8 Å². The van der Waals surface area contributed by atoms with Crippen LogP contribution in [0.15, 0.2) is 21.5 Å². The van der Waals surface area contributed by atoms with Crippen molar-refractivity contribution in [2.24, 2.45) is 5.92 Å². The quantitative estimate of drug-likeness (QED) is 0.848. The van der Waals surface area contributed by atoms with Gasteiger partial charge >= 0.3 is 0 Å². The number of nitrogens with two attached hydrogens (primary N) is 1. The van der Waals surface area contributed by atoms with E-state index in [2.05, 4.69) is 15.9 Å². The van der Waals surface area contributed by atoms with E-state index in [0.29, 0.717) is 12.5 Å². The Morgan fingerprint density at radius 1 is 1.47 bits per heavy atom. The van der Waals surface area contributed by atoms with Crippen LogP contribution in [0.25, 0.3) is 0 Å². The lowest BCUT2D eigenvalue weighted by Crippen LogP contribution is -2.34. The molecule has 0 atom stereocenters. The predicted octanol–water partition coefficient (Wildman–Crippen LogP) is 2.59. The minimum absolute atomic E-state index is 0.0531. The zero-order valence-electron chi connectivity index (χ0n) is 10.6. The van der Waals surface area contributed by atoms with Crippen LogP contribution < -0.4 is 5.73 Å². The zero-order valence-corrected chi connectivity index (χ0v) is 13.0. The molecular formula is C12H16BrFN2O2S. The van der Waals surface area contributed by atoms with Crippen LogP contribution in [0.5, 0.6) is 0 Å². The molecule has 106 valence electrons. The molecule has 1 fully saturated rings. The second-order valence-corrected chi connectivity index (χ2v) is 7.75. The number of nitrogen functional groups attached to an aromatic ring is 1. The standard InChI is InChI=1S/C12H16BrFN2O2S/c1-16(7-8-3-2-4-8)19(17,18)12-5-9(13)10(14)6-11(12)15/h5-6,8H,2-4,7,15H2,1H3. The van der Waals surface area contributed by atoms with Gasteiger partial charge in [0.05, 0.1) is 10.2 Å². The fourth-order valence-electron chi connectivity index (χ4n) is 2.07. The molecule has 2 N–H and O–H groups in total. The Balaban J connectivity index is 2.30. The lowest BCUT2D eigenvalue weighted by molar-refractivity contribution is 0.263. The molecule has 1 aromatic rings. The minimum atomic E-state index is -3.67. The molecule has 0 aromatic heterocycles. The van der Waals surface area contributed by atoms with E-state index in [-0.39, 0.29) is 15.1 Å². The molecule has 0 spiro atoms. The summed E-state index contributed by atoms with van der Waals surface area (Å²) in [5.41, 5.74) is 5.56. The van der Waals surface area contributed by atoms with Crippen LogP contribution in [0, 0.1) is 11.7 Å². The minimum Gasteiger partial charge on any atom is -0.398 e. The highest BCUT2D eigenvalue weighted by molar-refractivity contribution is 9.10. The molecule has 1 aliphatic rings. The molecule has 1 saturated carbocycles. The van der Waals surface area contributed by atoms with E-state index in [4.69, 9.17) is 5.73 Å². The van der Waals surface area contributed by atoms with E-state index in [1.807, 2.05) is 0 Å². The van der Waals surface area contributed by atoms with Crippen molar-refractivity contribution in [3.63, 3.8) is 0 Å². The summed E-state index contributed by atoms with van der Waals surface area (Å²) in [5, 5.41) is 0. The topological polar surface area (TPSA) is 63.4 Å². The summed E-state index contributed by atoms with van der Waals surface area (Å²) in [6.45, 7) is 0.483. The molecule has 0 bridgehead atoms. The van der Waals surface area contributed by atoms with E-state index < -0.39 is 15.8 Å². The van der Waals surface area contributed by atoms with Crippen molar-refractivity contribution in [2.45, 2.75) is 24.2 Å². The van der Waals surface area contributed by atoms with Crippen LogP contribution in [-0.4, -0.2) is 26.3 Å². The van der Waals surface area contributed by atoms with Gasteiger partial charge in [0.25, 0.3) is 0 Å². The number of halogens is 2. The van der Waals surface area contributed by atoms with Gasteiger partial charge in [0, 0.05) is 13.6 Å². The number of rotatable bonds is 4. The van der Waals surface area contributed by atoms with Crippen LogP contribution in [0.3, 0.4) is 0 Å². The molecule has 19 heavy (non-hydrogen) atoms. The highest BCUT2D eigenvalue weighted by atomic mass is 79.9. The first-order valence-corrected chi connectivity index (χ1v) is 8.26. The molecule has 2 rings (SSSR count). The summed E-state index contributed by atoms with van der Waals surface area (Å²) < 4.78 is 39.5. The van der Waals surface area contributed by atoms with Crippen molar-refractivity contribution >= 4 is 31.6 Å². The molecule has 7 heteroatoms. The fraction of sp³-hybridized carbons (Fsp3) is 0.500. The Hall–Kier alpha value is -0.660. The third kappa shape index (κ3) is 2.93. The van der Waals surface area contributed by atoms with Crippen LogP contribution in [-0.2, 0) is 10.0 Å². The largest absolute Gasteiger partial charge is 0.398 e. The first-order chi connectivity index (χ1) is 8.82. The number of benzene rings is 1. The van der Waals surface area contributed by atoms with Gasteiger partial charge in [-0.05, 0) is 46.8 Å². The van der Waals surface area contributed by atoms with Crippen molar-refractivity contribution in [3.05, 3.63) is 22.4 Å². The van der Waals surface area contributed by atoms with Gasteiger partial charge in [-0.1, -0.05) is 6.42 Å². The summed E-state index contributed by atoms with van der Waals surface area (Å²) in [4.78, 5) is -0.0531. The molecule has 4 nitrogen and oxygen atoms in total. The summed E-state index contributed by atoms with van der Waals surface area (Å²) >= 11 is 2.98. The lowest BCUT2D eigenvalue weighted by atomic mass is 9.86. The first kappa shape index (κ1) is 14.7. The maximum absolute atomic E-state index is 13.3. The Morgan fingerprint density at radius 2 is 2.11 bits per heavy atom. The Morgan fingerprint density at radius 3 is 2.63 bits per heavy atom. The smallest absolute Gasteiger partial charge is 0.244 e.